The number of carbonyl (C=O) groups excluding carboxylic acids is 3. The van der Waals surface area contributed by atoms with Crippen LogP contribution in [0.5, 0.6) is 0 Å². The van der Waals surface area contributed by atoms with Gasteiger partial charge in [-0.15, -0.1) is 0 Å². The van der Waals surface area contributed by atoms with Crippen molar-refractivity contribution in [2.24, 2.45) is 17.3 Å². The molecule has 158 valence electrons. The van der Waals surface area contributed by atoms with Gasteiger partial charge < -0.3 is 9.32 Å². The van der Waals surface area contributed by atoms with Crippen molar-refractivity contribution in [3.8, 4) is 0 Å². The third-order valence-corrected chi connectivity index (χ3v) is 6.79. The van der Waals surface area contributed by atoms with Crippen LogP contribution in [0.3, 0.4) is 0 Å². The number of nitrogens with zero attached hydrogens (tertiary/aromatic N) is 2. The molecule has 1 spiro atoms. The predicted octanol–water partition coefficient (Wildman–Crippen LogP) is 2.64. The lowest BCUT2D eigenvalue weighted by Gasteiger charge is -2.30. The summed E-state index contributed by atoms with van der Waals surface area (Å²) in [5.41, 5.74) is 0.0439. The van der Waals surface area contributed by atoms with E-state index in [9.17, 15) is 19.6 Å². The normalized spacial score (nSPS) is 23.9. The highest BCUT2D eigenvalue weighted by atomic mass is 16.5. The second-order valence-corrected chi connectivity index (χ2v) is 8.96. The van der Waals surface area contributed by atoms with E-state index in [1.165, 1.54) is 6.26 Å². The molecule has 29 heavy (non-hydrogen) atoms. The number of amides is 3. The highest BCUT2D eigenvalue weighted by molar-refractivity contribution is 5.97. The molecule has 3 fully saturated rings. The smallest absolute Gasteiger partial charge is 0.249 e. The maximum absolute atomic E-state index is 13.5. The summed E-state index contributed by atoms with van der Waals surface area (Å²) in [6.45, 7) is 0.532. The first kappa shape index (κ1) is 19.9. The minimum absolute atomic E-state index is 0.0329. The van der Waals surface area contributed by atoms with Gasteiger partial charge in [-0.05, 0) is 43.1 Å². The van der Waals surface area contributed by atoms with Crippen LogP contribution >= 0.6 is 0 Å². The van der Waals surface area contributed by atoms with E-state index in [1.807, 2.05) is 0 Å². The minimum atomic E-state index is -0.551. The van der Waals surface area contributed by atoms with Crippen molar-refractivity contribution < 1.29 is 24.0 Å². The fraction of sp³-hybridized carbons (Fsp3) is 0.667. The Morgan fingerprint density at radius 1 is 1.38 bits per heavy atom. The Kier molecular flexibility index (Phi) is 5.63. The number of nitrogens with one attached hydrogen (secondary N) is 1. The lowest BCUT2D eigenvalue weighted by atomic mass is 9.91. The monoisotopic (exact) mass is 403 g/mol. The fourth-order valence-corrected chi connectivity index (χ4v) is 5.02. The van der Waals surface area contributed by atoms with Crippen molar-refractivity contribution in [2.45, 2.75) is 57.4 Å². The summed E-state index contributed by atoms with van der Waals surface area (Å²) in [6.07, 6.45) is 9.62. The van der Waals surface area contributed by atoms with Crippen molar-refractivity contribution in [3.05, 3.63) is 18.4 Å². The number of likely N-dealkylation sites (tertiary alicyclic amines) is 1. The molecule has 0 radical (unpaired) electrons. The Bertz CT molecular complexity index is 740. The minimum Gasteiger partial charge on any atom is -0.449 e. The molecule has 2 N–H and O–H groups in total. The number of rotatable bonds is 8. The van der Waals surface area contributed by atoms with Crippen LogP contribution in [0.1, 0.15) is 51.4 Å². The first-order chi connectivity index (χ1) is 14.0. The quantitative estimate of drug-likeness (QED) is 0.395. The van der Waals surface area contributed by atoms with Crippen molar-refractivity contribution in [1.29, 1.82) is 0 Å². The largest absolute Gasteiger partial charge is 0.449 e. The predicted molar refractivity (Wildman–Crippen MR) is 104 cm³/mol. The summed E-state index contributed by atoms with van der Waals surface area (Å²) < 4.78 is 5.22. The van der Waals surface area contributed by atoms with Gasteiger partial charge in [-0.3, -0.25) is 24.9 Å². The van der Waals surface area contributed by atoms with Crippen LogP contribution in [0.4, 0.5) is 5.88 Å². The van der Waals surface area contributed by atoms with E-state index in [4.69, 9.17) is 4.42 Å². The van der Waals surface area contributed by atoms with Gasteiger partial charge in [0.05, 0.1) is 18.7 Å². The summed E-state index contributed by atoms with van der Waals surface area (Å²) in [5.74, 6) is -0.0868. The number of furan rings is 1. The lowest BCUT2D eigenvalue weighted by Crippen LogP contribution is -2.48. The summed E-state index contributed by atoms with van der Waals surface area (Å²) in [6, 6.07) is 2.81. The van der Waals surface area contributed by atoms with Gasteiger partial charge in [0.15, 0.2) is 5.88 Å². The summed E-state index contributed by atoms with van der Waals surface area (Å²) in [7, 11) is 0. The molecule has 1 aromatic rings. The second kappa shape index (κ2) is 8.18. The van der Waals surface area contributed by atoms with E-state index in [2.05, 4.69) is 5.32 Å². The number of hydrogen-bond acceptors (Lipinski definition) is 5. The highest BCUT2D eigenvalue weighted by Crippen LogP contribution is 2.55. The Labute approximate surface area is 170 Å². The number of carbonyl (C=O) groups is 3. The Balaban J connectivity index is 1.50. The molecule has 0 unspecified atom stereocenters. The van der Waals surface area contributed by atoms with Crippen molar-refractivity contribution in [3.63, 3.8) is 0 Å². The molecule has 8 heteroatoms. The summed E-state index contributed by atoms with van der Waals surface area (Å²) in [5, 5.41) is 13.1. The van der Waals surface area contributed by atoms with Crippen LogP contribution in [0.2, 0.25) is 0 Å². The molecule has 2 atom stereocenters. The first-order valence-corrected chi connectivity index (χ1v) is 10.6. The first-order valence-electron chi connectivity index (χ1n) is 10.6. The van der Waals surface area contributed by atoms with E-state index in [0.29, 0.717) is 42.7 Å². The average molecular weight is 403 g/mol. The third kappa shape index (κ3) is 4.47. The van der Waals surface area contributed by atoms with Crippen LogP contribution in [-0.2, 0) is 14.4 Å². The molecule has 0 bridgehead atoms. The molecular formula is C21H29N3O5. The standard InChI is InChI=1S/C21H29N3O5/c25-14-23(28)12-16(10-15-4-1-2-5-15)20(27)24-13-21(7-8-21)11-17(24)19(26)22-18-6-3-9-29-18/h3,6,9,14-17,28H,1-2,4-5,7-8,10-13H2,(H,22,26)/t16-,17+/m1/s1. The lowest BCUT2D eigenvalue weighted by molar-refractivity contribution is -0.158. The molecule has 1 aliphatic heterocycles. The molecule has 1 saturated heterocycles. The third-order valence-electron chi connectivity index (χ3n) is 6.79. The van der Waals surface area contributed by atoms with Gasteiger partial charge in [0.2, 0.25) is 18.2 Å². The average Bonchev–Trinajstić information content (AvgIpc) is 3.13. The van der Waals surface area contributed by atoms with Crippen molar-refractivity contribution in [1.82, 2.24) is 9.96 Å². The van der Waals surface area contributed by atoms with Gasteiger partial charge in [-0.2, -0.15) is 0 Å². The zero-order valence-electron chi connectivity index (χ0n) is 16.6. The molecule has 2 aliphatic carbocycles. The highest BCUT2D eigenvalue weighted by Gasteiger charge is 2.55. The molecule has 3 amide bonds. The van der Waals surface area contributed by atoms with Crippen LogP contribution < -0.4 is 5.32 Å². The number of anilines is 1. The number of hydroxylamine groups is 2. The second-order valence-electron chi connectivity index (χ2n) is 8.96. The van der Waals surface area contributed by atoms with E-state index in [1.54, 1.807) is 17.0 Å². The van der Waals surface area contributed by atoms with Crippen molar-refractivity contribution >= 4 is 24.1 Å². The van der Waals surface area contributed by atoms with E-state index >= 15 is 0 Å². The SMILES string of the molecule is O=CN(O)C[C@@H](CC1CCCC1)C(=O)N1CC2(CC2)C[C@H]1C(=O)Nc1ccco1. The van der Waals surface area contributed by atoms with Gasteiger partial charge in [0.1, 0.15) is 6.04 Å². The molecule has 8 nitrogen and oxygen atoms in total. The Hall–Kier alpha value is -2.35. The van der Waals surface area contributed by atoms with E-state index < -0.39 is 12.0 Å². The zero-order valence-corrected chi connectivity index (χ0v) is 16.6. The molecular weight excluding hydrogens is 374 g/mol. The molecule has 2 saturated carbocycles. The molecule has 4 rings (SSSR count). The van der Waals surface area contributed by atoms with Gasteiger partial charge >= 0.3 is 0 Å². The fourth-order valence-electron chi connectivity index (χ4n) is 5.02. The topological polar surface area (TPSA) is 103 Å². The van der Waals surface area contributed by atoms with Gasteiger partial charge in [-0.1, -0.05) is 25.7 Å². The summed E-state index contributed by atoms with van der Waals surface area (Å²) in [4.78, 5) is 39.0. The van der Waals surface area contributed by atoms with Crippen LogP contribution in [0, 0.1) is 17.3 Å². The number of hydrogen-bond donors (Lipinski definition) is 2. The summed E-state index contributed by atoms with van der Waals surface area (Å²) >= 11 is 0. The Morgan fingerprint density at radius 2 is 2.14 bits per heavy atom. The maximum Gasteiger partial charge on any atom is 0.249 e. The van der Waals surface area contributed by atoms with Crippen molar-refractivity contribution in [2.75, 3.05) is 18.4 Å². The van der Waals surface area contributed by atoms with Crippen LogP contribution in [0.15, 0.2) is 22.8 Å². The van der Waals surface area contributed by atoms with E-state index in [0.717, 1.165) is 38.5 Å². The van der Waals surface area contributed by atoms with Crippen LogP contribution in [0.25, 0.3) is 0 Å². The molecule has 2 heterocycles. The maximum atomic E-state index is 13.5. The molecule has 3 aliphatic rings. The molecule has 1 aromatic heterocycles. The van der Waals surface area contributed by atoms with E-state index in [-0.39, 0.29) is 23.8 Å². The van der Waals surface area contributed by atoms with Gasteiger partial charge in [0, 0.05) is 12.6 Å². The Morgan fingerprint density at radius 3 is 2.76 bits per heavy atom. The van der Waals surface area contributed by atoms with Gasteiger partial charge in [0.25, 0.3) is 0 Å². The van der Waals surface area contributed by atoms with Gasteiger partial charge in [-0.25, -0.2) is 5.06 Å². The molecule has 0 aromatic carbocycles. The van der Waals surface area contributed by atoms with Crippen LogP contribution in [-0.4, -0.2) is 52.5 Å². The zero-order chi connectivity index (χ0) is 20.4.